The minimum absolute atomic E-state index is 0.117. The highest BCUT2D eigenvalue weighted by Crippen LogP contribution is 2.23. The number of hydrogen-bond donors (Lipinski definition) is 3. The molecule has 3 aromatic rings. The van der Waals surface area contributed by atoms with E-state index in [0.29, 0.717) is 10.9 Å². The quantitative estimate of drug-likeness (QED) is 0.342. The Balaban J connectivity index is 2.28. The second kappa shape index (κ2) is 6.69. The predicted molar refractivity (Wildman–Crippen MR) is 96.9 cm³/mol. The molecule has 3 N–H and O–H groups in total. The van der Waals surface area contributed by atoms with Gasteiger partial charge in [0.1, 0.15) is 10.5 Å². The molecule has 9 nitrogen and oxygen atoms in total. The van der Waals surface area contributed by atoms with E-state index in [-0.39, 0.29) is 20.0 Å². The molecule has 0 bridgehead atoms. The molecule has 0 saturated carbocycles. The first-order chi connectivity index (χ1) is 12.3. The molecule has 2 amide bonds. The number of aromatic nitrogens is 2. The van der Waals surface area contributed by atoms with Crippen molar-refractivity contribution in [2.45, 2.75) is 6.92 Å². The Morgan fingerprint density at radius 3 is 2.65 bits per heavy atom. The normalized spacial score (nSPS) is 10.7. The number of nitrogens with one attached hydrogen (secondary N) is 3. The lowest BCUT2D eigenvalue weighted by Crippen LogP contribution is -2.40. The third-order valence-corrected chi connectivity index (χ3v) is 4.88. The molecular formula is C15H12N4O5S2. The monoisotopic (exact) mass is 392 g/mol. The number of esters is 1. The van der Waals surface area contributed by atoms with Gasteiger partial charge in [-0.3, -0.25) is 29.6 Å². The summed E-state index contributed by atoms with van der Waals surface area (Å²) in [5, 5.41) is 0.299. The van der Waals surface area contributed by atoms with Crippen molar-refractivity contribution in [3.63, 3.8) is 0 Å². The average molecular weight is 392 g/mol. The standard InChI is InChI=1S/C15H12N4O5S2/c1-6(20)17-18-13(22)10-11-16-12(21)8-4-3-7(14(23)24-2)5-9(8)19(11)15(25)26-10/h3-5H,1-2H3,(H,16,21)(H,17,20)(H,18,22). The minimum atomic E-state index is -0.627. The van der Waals surface area contributed by atoms with Crippen LogP contribution in [0, 0.1) is 3.95 Å². The molecule has 0 atom stereocenters. The molecule has 1 aromatic carbocycles. The Morgan fingerprint density at radius 2 is 2.00 bits per heavy atom. The molecule has 134 valence electrons. The van der Waals surface area contributed by atoms with Crippen molar-refractivity contribution in [2.75, 3.05) is 7.11 Å². The number of ether oxygens (including phenoxy) is 1. The van der Waals surface area contributed by atoms with Crippen LogP contribution >= 0.6 is 23.6 Å². The predicted octanol–water partition coefficient (Wildman–Crippen LogP) is 1.14. The molecule has 26 heavy (non-hydrogen) atoms. The number of H-pyrrole nitrogens is 1. The van der Waals surface area contributed by atoms with Crippen LogP contribution in [-0.4, -0.2) is 34.3 Å². The van der Waals surface area contributed by atoms with Crippen LogP contribution in [0.5, 0.6) is 0 Å². The summed E-state index contributed by atoms with van der Waals surface area (Å²) < 4.78 is 6.47. The van der Waals surface area contributed by atoms with E-state index in [2.05, 4.69) is 15.8 Å². The van der Waals surface area contributed by atoms with E-state index in [0.717, 1.165) is 11.3 Å². The molecule has 0 saturated heterocycles. The van der Waals surface area contributed by atoms with Crippen LogP contribution < -0.4 is 16.4 Å². The zero-order valence-corrected chi connectivity index (χ0v) is 15.2. The molecule has 0 spiro atoms. The van der Waals surface area contributed by atoms with Crippen LogP contribution in [0.3, 0.4) is 0 Å². The van der Waals surface area contributed by atoms with Crippen LogP contribution in [0.4, 0.5) is 0 Å². The molecule has 0 aliphatic rings. The first-order valence-corrected chi connectivity index (χ1v) is 8.42. The summed E-state index contributed by atoms with van der Waals surface area (Å²) in [6.07, 6.45) is 0. The van der Waals surface area contributed by atoms with Gasteiger partial charge in [0.2, 0.25) is 5.91 Å². The number of amides is 2. The maximum atomic E-state index is 12.4. The van der Waals surface area contributed by atoms with Crippen molar-refractivity contribution in [1.29, 1.82) is 0 Å². The first-order valence-electron chi connectivity index (χ1n) is 7.20. The largest absolute Gasteiger partial charge is 0.465 e. The highest BCUT2D eigenvalue weighted by atomic mass is 32.1. The average Bonchev–Trinajstić information content (AvgIpc) is 2.95. The molecule has 0 fully saturated rings. The number of methoxy groups -OCH3 is 1. The highest BCUT2D eigenvalue weighted by molar-refractivity contribution is 7.73. The zero-order chi connectivity index (χ0) is 19.0. The molecule has 2 heterocycles. The third kappa shape index (κ3) is 2.97. The number of benzene rings is 1. The van der Waals surface area contributed by atoms with Gasteiger partial charge in [-0.25, -0.2) is 4.79 Å². The van der Waals surface area contributed by atoms with Gasteiger partial charge in [-0.15, -0.1) is 0 Å². The number of fused-ring (bicyclic) bond motifs is 3. The SMILES string of the molecule is COC(=O)c1ccc2c(=O)[nH]c3c(C(=O)NNC(C)=O)sc(=S)n3c2c1. The van der Waals surface area contributed by atoms with E-state index in [9.17, 15) is 19.2 Å². The van der Waals surface area contributed by atoms with E-state index in [1.807, 2.05) is 0 Å². The Kier molecular flexibility index (Phi) is 4.57. The van der Waals surface area contributed by atoms with Crippen molar-refractivity contribution < 1.29 is 19.1 Å². The lowest BCUT2D eigenvalue weighted by atomic mass is 10.1. The Morgan fingerprint density at radius 1 is 1.27 bits per heavy atom. The summed E-state index contributed by atoms with van der Waals surface area (Å²) in [5.41, 5.74) is 4.73. The number of hydrazine groups is 1. The van der Waals surface area contributed by atoms with Crippen molar-refractivity contribution in [2.24, 2.45) is 0 Å². The fraction of sp³-hybridized carbons (Fsp3) is 0.133. The maximum Gasteiger partial charge on any atom is 0.337 e. The number of rotatable bonds is 2. The fourth-order valence-electron chi connectivity index (χ4n) is 2.39. The van der Waals surface area contributed by atoms with Crippen LogP contribution in [0.1, 0.15) is 27.0 Å². The van der Waals surface area contributed by atoms with Crippen LogP contribution in [-0.2, 0) is 9.53 Å². The summed E-state index contributed by atoms with van der Waals surface area (Å²) in [7, 11) is 1.25. The molecule has 0 radical (unpaired) electrons. The van der Waals surface area contributed by atoms with Crippen molar-refractivity contribution >= 4 is 57.9 Å². The van der Waals surface area contributed by atoms with E-state index in [1.54, 1.807) is 0 Å². The first kappa shape index (κ1) is 17.8. The molecule has 0 unspecified atom stereocenters. The molecule has 3 rings (SSSR count). The highest BCUT2D eigenvalue weighted by Gasteiger charge is 2.19. The minimum Gasteiger partial charge on any atom is -0.465 e. The van der Waals surface area contributed by atoms with Gasteiger partial charge in [0, 0.05) is 6.92 Å². The number of aromatic amines is 1. The number of carbonyl (C=O) groups is 3. The van der Waals surface area contributed by atoms with Crippen molar-refractivity contribution in [1.82, 2.24) is 20.2 Å². The second-order valence-corrected chi connectivity index (χ2v) is 6.84. The van der Waals surface area contributed by atoms with Gasteiger partial charge in [0.05, 0.1) is 23.6 Å². The number of carbonyl (C=O) groups excluding carboxylic acids is 3. The molecule has 11 heteroatoms. The Labute approximate surface area is 154 Å². The van der Waals surface area contributed by atoms with Crippen LogP contribution in [0.2, 0.25) is 0 Å². The lowest BCUT2D eigenvalue weighted by molar-refractivity contribution is -0.119. The van der Waals surface area contributed by atoms with Crippen molar-refractivity contribution in [3.05, 3.63) is 42.9 Å². The summed E-state index contributed by atoms with van der Waals surface area (Å²) in [5.74, 6) is -1.64. The van der Waals surface area contributed by atoms with Gasteiger partial charge in [0.15, 0.2) is 3.95 Å². The molecule has 2 aromatic heterocycles. The smallest absolute Gasteiger partial charge is 0.337 e. The van der Waals surface area contributed by atoms with E-state index >= 15 is 0 Å². The summed E-state index contributed by atoms with van der Waals surface area (Å²) in [6, 6.07) is 4.42. The third-order valence-electron chi connectivity index (χ3n) is 3.51. The topological polar surface area (TPSA) is 122 Å². The van der Waals surface area contributed by atoms with E-state index in [4.69, 9.17) is 17.0 Å². The van der Waals surface area contributed by atoms with Gasteiger partial charge in [-0.1, -0.05) is 11.3 Å². The van der Waals surface area contributed by atoms with Gasteiger partial charge >= 0.3 is 5.97 Å². The number of nitrogens with zero attached hydrogens (tertiary/aromatic N) is 1. The number of thiazole rings is 1. The Bertz CT molecular complexity index is 1190. The van der Waals surface area contributed by atoms with Gasteiger partial charge < -0.3 is 9.72 Å². The van der Waals surface area contributed by atoms with E-state index < -0.39 is 23.3 Å². The van der Waals surface area contributed by atoms with Crippen molar-refractivity contribution in [3.8, 4) is 0 Å². The molecular weight excluding hydrogens is 380 g/mol. The second-order valence-electron chi connectivity index (χ2n) is 5.19. The van der Waals surface area contributed by atoms with Gasteiger partial charge in [-0.2, -0.15) is 0 Å². The molecule has 0 aliphatic carbocycles. The van der Waals surface area contributed by atoms with Crippen LogP contribution in [0.15, 0.2) is 23.0 Å². The van der Waals surface area contributed by atoms with Gasteiger partial charge in [-0.05, 0) is 30.4 Å². The summed E-state index contributed by atoms with van der Waals surface area (Å²) in [4.78, 5) is 50.1. The van der Waals surface area contributed by atoms with E-state index in [1.165, 1.54) is 36.6 Å². The van der Waals surface area contributed by atoms with Gasteiger partial charge in [0.25, 0.3) is 11.5 Å². The van der Waals surface area contributed by atoms with Crippen LogP contribution in [0.25, 0.3) is 16.6 Å². The summed E-state index contributed by atoms with van der Waals surface area (Å²) in [6.45, 7) is 1.24. The fourth-order valence-corrected chi connectivity index (χ4v) is 3.67. The summed E-state index contributed by atoms with van der Waals surface area (Å²) >= 11 is 6.27. The number of hydrogen-bond acceptors (Lipinski definition) is 7. The Hall–Kier alpha value is -3.05. The zero-order valence-electron chi connectivity index (χ0n) is 13.5. The maximum absolute atomic E-state index is 12.4. The lowest BCUT2D eigenvalue weighted by Gasteiger charge is -2.06. The molecule has 0 aliphatic heterocycles.